The van der Waals surface area contributed by atoms with Gasteiger partial charge in [0, 0.05) is 24.7 Å². The third-order valence-electron chi connectivity index (χ3n) is 4.74. The summed E-state index contributed by atoms with van der Waals surface area (Å²) in [7, 11) is 0. The summed E-state index contributed by atoms with van der Waals surface area (Å²) in [5, 5.41) is 10.8. The number of nitro groups is 1. The van der Waals surface area contributed by atoms with Gasteiger partial charge in [0.05, 0.1) is 4.92 Å². The van der Waals surface area contributed by atoms with Crippen molar-refractivity contribution in [3.63, 3.8) is 0 Å². The van der Waals surface area contributed by atoms with Crippen molar-refractivity contribution in [2.45, 2.75) is 32.2 Å². The van der Waals surface area contributed by atoms with Crippen LogP contribution in [0.3, 0.4) is 0 Å². The standard InChI is InChI=1S/C14H20N4O2/c1-9-5-14(16-6-13(9)18(19)20)17-7-10-3-2-4-12(15)11(10)8-17/h5-6,10-12H,2-4,7-8,15H2,1H3. The Morgan fingerprint density at radius 3 is 2.90 bits per heavy atom. The second kappa shape index (κ2) is 5.01. The van der Waals surface area contributed by atoms with Crippen LogP contribution in [0.1, 0.15) is 24.8 Å². The molecule has 20 heavy (non-hydrogen) atoms. The van der Waals surface area contributed by atoms with Crippen LogP contribution in [0, 0.1) is 28.9 Å². The molecule has 108 valence electrons. The topological polar surface area (TPSA) is 85.3 Å². The molecule has 6 nitrogen and oxygen atoms in total. The molecule has 2 N–H and O–H groups in total. The number of anilines is 1. The normalized spacial score (nSPS) is 29.3. The summed E-state index contributed by atoms with van der Waals surface area (Å²) in [6, 6.07) is 2.11. The monoisotopic (exact) mass is 276 g/mol. The predicted octanol–water partition coefficient (Wildman–Crippen LogP) is 1.86. The van der Waals surface area contributed by atoms with Gasteiger partial charge in [0.2, 0.25) is 0 Å². The lowest BCUT2D eigenvalue weighted by atomic mass is 9.78. The summed E-state index contributed by atoms with van der Waals surface area (Å²) < 4.78 is 0. The second-order valence-electron chi connectivity index (χ2n) is 6.01. The number of hydrogen-bond donors (Lipinski definition) is 1. The fourth-order valence-corrected chi connectivity index (χ4v) is 3.60. The lowest BCUT2D eigenvalue weighted by Crippen LogP contribution is -2.38. The highest BCUT2D eigenvalue weighted by atomic mass is 16.6. The first-order valence-corrected chi connectivity index (χ1v) is 7.18. The minimum atomic E-state index is -0.383. The molecule has 3 rings (SSSR count). The van der Waals surface area contributed by atoms with Crippen molar-refractivity contribution in [2.24, 2.45) is 17.6 Å². The first-order chi connectivity index (χ1) is 9.56. The van der Waals surface area contributed by atoms with Gasteiger partial charge in [-0.05, 0) is 37.7 Å². The third kappa shape index (κ3) is 2.24. The van der Waals surface area contributed by atoms with Crippen LogP contribution in [-0.2, 0) is 0 Å². The SMILES string of the molecule is Cc1cc(N2CC3CCCC(N)C3C2)ncc1[N+](=O)[O-]. The van der Waals surface area contributed by atoms with Crippen LogP contribution in [0.4, 0.5) is 11.5 Å². The molecule has 0 bridgehead atoms. The fourth-order valence-electron chi connectivity index (χ4n) is 3.60. The van der Waals surface area contributed by atoms with Gasteiger partial charge in [-0.3, -0.25) is 10.1 Å². The molecule has 6 heteroatoms. The Morgan fingerprint density at radius 1 is 1.45 bits per heavy atom. The minimum Gasteiger partial charge on any atom is -0.356 e. The van der Waals surface area contributed by atoms with Gasteiger partial charge in [-0.2, -0.15) is 0 Å². The van der Waals surface area contributed by atoms with Gasteiger partial charge in [0.25, 0.3) is 5.69 Å². The number of aryl methyl sites for hydroxylation is 1. The largest absolute Gasteiger partial charge is 0.356 e. The van der Waals surface area contributed by atoms with E-state index in [9.17, 15) is 10.1 Å². The van der Waals surface area contributed by atoms with E-state index in [1.165, 1.54) is 19.0 Å². The molecular formula is C14H20N4O2. The number of nitrogens with two attached hydrogens (primary N) is 1. The van der Waals surface area contributed by atoms with E-state index in [2.05, 4.69) is 9.88 Å². The lowest BCUT2D eigenvalue weighted by molar-refractivity contribution is -0.385. The van der Waals surface area contributed by atoms with Gasteiger partial charge in [0.15, 0.2) is 0 Å². The zero-order valence-electron chi connectivity index (χ0n) is 11.7. The minimum absolute atomic E-state index is 0.0852. The molecule has 1 aromatic rings. The molecule has 1 aliphatic carbocycles. The van der Waals surface area contributed by atoms with Crippen LogP contribution in [-0.4, -0.2) is 29.0 Å². The maximum absolute atomic E-state index is 10.8. The van der Waals surface area contributed by atoms with Gasteiger partial charge < -0.3 is 10.6 Å². The zero-order chi connectivity index (χ0) is 14.3. The summed E-state index contributed by atoms with van der Waals surface area (Å²) in [5.74, 6) is 2.03. The average molecular weight is 276 g/mol. The van der Waals surface area contributed by atoms with Gasteiger partial charge in [-0.1, -0.05) is 6.42 Å². The van der Waals surface area contributed by atoms with E-state index < -0.39 is 0 Å². The number of aromatic nitrogens is 1. The molecule has 0 aromatic carbocycles. The van der Waals surface area contributed by atoms with E-state index in [1.807, 2.05) is 6.07 Å². The summed E-state index contributed by atoms with van der Waals surface area (Å²) >= 11 is 0. The molecule has 1 aromatic heterocycles. The smallest absolute Gasteiger partial charge is 0.290 e. The number of rotatable bonds is 2. The highest BCUT2D eigenvalue weighted by molar-refractivity contribution is 5.49. The third-order valence-corrected chi connectivity index (χ3v) is 4.74. The Labute approximate surface area is 118 Å². The maximum atomic E-state index is 10.8. The molecule has 0 spiro atoms. The Morgan fingerprint density at radius 2 is 2.25 bits per heavy atom. The van der Waals surface area contributed by atoms with Crippen LogP contribution in [0.2, 0.25) is 0 Å². The van der Waals surface area contributed by atoms with Crippen molar-refractivity contribution in [1.29, 1.82) is 0 Å². The summed E-state index contributed by atoms with van der Waals surface area (Å²) in [4.78, 5) is 17.0. The Kier molecular flexibility index (Phi) is 3.33. The molecule has 0 radical (unpaired) electrons. The van der Waals surface area contributed by atoms with Gasteiger partial charge >= 0.3 is 0 Å². The van der Waals surface area contributed by atoms with Gasteiger partial charge in [-0.25, -0.2) is 4.98 Å². The highest BCUT2D eigenvalue weighted by Gasteiger charge is 2.39. The molecule has 2 fully saturated rings. The van der Waals surface area contributed by atoms with Crippen LogP contribution in [0.25, 0.3) is 0 Å². The number of fused-ring (bicyclic) bond motifs is 1. The summed E-state index contributed by atoms with van der Waals surface area (Å²) in [6.07, 6.45) is 4.93. The van der Waals surface area contributed by atoms with Crippen molar-refractivity contribution >= 4 is 11.5 Å². The van der Waals surface area contributed by atoms with Crippen molar-refractivity contribution in [1.82, 2.24) is 4.98 Å². The van der Waals surface area contributed by atoms with Gasteiger partial charge in [-0.15, -0.1) is 0 Å². The summed E-state index contributed by atoms with van der Waals surface area (Å²) in [5.41, 5.74) is 6.97. The Hall–Kier alpha value is -1.69. The van der Waals surface area contributed by atoms with Crippen molar-refractivity contribution < 1.29 is 4.92 Å². The van der Waals surface area contributed by atoms with Crippen LogP contribution in [0.15, 0.2) is 12.3 Å². The zero-order valence-corrected chi connectivity index (χ0v) is 11.7. The molecule has 2 heterocycles. The Bertz CT molecular complexity index is 534. The number of pyridine rings is 1. The van der Waals surface area contributed by atoms with Crippen molar-refractivity contribution in [3.8, 4) is 0 Å². The van der Waals surface area contributed by atoms with Crippen molar-refractivity contribution in [3.05, 3.63) is 27.9 Å². The van der Waals surface area contributed by atoms with E-state index >= 15 is 0 Å². The molecule has 3 unspecified atom stereocenters. The fraction of sp³-hybridized carbons (Fsp3) is 0.643. The van der Waals surface area contributed by atoms with Crippen LogP contribution in [0.5, 0.6) is 0 Å². The first-order valence-electron chi connectivity index (χ1n) is 7.18. The molecule has 1 saturated carbocycles. The molecular weight excluding hydrogens is 256 g/mol. The predicted molar refractivity (Wildman–Crippen MR) is 76.6 cm³/mol. The molecule has 0 amide bonds. The van der Waals surface area contributed by atoms with E-state index in [4.69, 9.17) is 5.73 Å². The van der Waals surface area contributed by atoms with Crippen LogP contribution >= 0.6 is 0 Å². The van der Waals surface area contributed by atoms with Gasteiger partial charge in [0.1, 0.15) is 12.0 Å². The van der Waals surface area contributed by atoms with E-state index in [0.29, 0.717) is 17.4 Å². The first kappa shape index (κ1) is 13.3. The lowest BCUT2D eigenvalue weighted by Gasteiger charge is -2.29. The van der Waals surface area contributed by atoms with E-state index in [1.54, 1.807) is 6.92 Å². The molecule has 2 aliphatic rings. The quantitative estimate of drug-likeness (QED) is 0.658. The van der Waals surface area contributed by atoms with E-state index in [-0.39, 0.29) is 16.7 Å². The number of hydrogen-bond acceptors (Lipinski definition) is 5. The highest BCUT2D eigenvalue weighted by Crippen LogP contribution is 2.37. The van der Waals surface area contributed by atoms with Crippen LogP contribution < -0.4 is 10.6 Å². The molecule has 3 atom stereocenters. The Balaban J connectivity index is 1.81. The maximum Gasteiger partial charge on any atom is 0.290 e. The second-order valence-corrected chi connectivity index (χ2v) is 6.01. The summed E-state index contributed by atoms with van der Waals surface area (Å²) in [6.45, 7) is 3.66. The number of nitrogens with zero attached hydrogens (tertiary/aromatic N) is 3. The average Bonchev–Trinajstić information content (AvgIpc) is 2.83. The molecule has 1 aliphatic heterocycles. The van der Waals surface area contributed by atoms with E-state index in [0.717, 1.165) is 25.3 Å². The molecule has 1 saturated heterocycles. The van der Waals surface area contributed by atoms with Crippen molar-refractivity contribution in [2.75, 3.05) is 18.0 Å².